The summed E-state index contributed by atoms with van der Waals surface area (Å²) in [6.07, 6.45) is -2.43. The molecule has 25 heavy (non-hydrogen) atoms. The number of benzene rings is 1. The lowest BCUT2D eigenvalue weighted by Gasteiger charge is -2.13. The fourth-order valence-corrected chi connectivity index (χ4v) is 2.41. The zero-order valence-corrected chi connectivity index (χ0v) is 13.6. The molecule has 1 fully saturated rings. The molecule has 2 aromatic rings. The minimum Gasteiger partial charge on any atom is -0.465 e. The summed E-state index contributed by atoms with van der Waals surface area (Å²) in [5.41, 5.74) is 0.259. The van der Waals surface area contributed by atoms with E-state index in [1.807, 2.05) is 19.1 Å². The number of esters is 1. The summed E-state index contributed by atoms with van der Waals surface area (Å²) in [6.45, 7) is 1.82. The third-order valence-electron chi connectivity index (χ3n) is 3.91. The highest BCUT2D eigenvalue weighted by molar-refractivity contribution is 5.91. The van der Waals surface area contributed by atoms with Crippen molar-refractivity contribution in [1.82, 2.24) is 10.2 Å². The van der Waals surface area contributed by atoms with E-state index in [2.05, 4.69) is 14.9 Å². The van der Waals surface area contributed by atoms with E-state index in [0.717, 1.165) is 25.5 Å². The highest BCUT2D eigenvalue weighted by atomic mass is 19.4. The second-order valence-corrected chi connectivity index (χ2v) is 5.84. The standard InChI is InChI=1S/C17H15F3N2O3/c1-9-7-11(10-3-4-10)5-6-13(9)25-15-12(16(23)24-2)8-14(21-22-15)17(18,19)20/h5-8,10H,3-4H2,1-2H3. The molecule has 0 unspecified atom stereocenters. The Hall–Kier alpha value is -2.64. The van der Waals surface area contributed by atoms with E-state index in [9.17, 15) is 18.0 Å². The monoisotopic (exact) mass is 352 g/mol. The lowest BCUT2D eigenvalue weighted by atomic mass is 10.1. The first-order chi connectivity index (χ1) is 11.8. The van der Waals surface area contributed by atoms with Crippen LogP contribution in [0.4, 0.5) is 13.2 Å². The summed E-state index contributed by atoms with van der Waals surface area (Å²) in [4.78, 5) is 11.8. The molecule has 1 aliphatic carbocycles. The van der Waals surface area contributed by atoms with Crippen LogP contribution in [0.1, 0.15) is 45.9 Å². The van der Waals surface area contributed by atoms with Gasteiger partial charge >= 0.3 is 12.1 Å². The number of aromatic nitrogens is 2. The number of halogens is 3. The third-order valence-corrected chi connectivity index (χ3v) is 3.91. The molecule has 8 heteroatoms. The van der Waals surface area contributed by atoms with Crippen LogP contribution in [0, 0.1) is 6.92 Å². The van der Waals surface area contributed by atoms with Crippen molar-refractivity contribution in [1.29, 1.82) is 0 Å². The van der Waals surface area contributed by atoms with E-state index >= 15 is 0 Å². The highest BCUT2D eigenvalue weighted by Gasteiger charge is 2.35. The van der Waals surface area contributed by atoms with Crippen molar-refractivity contribution in [3.8, 4) is 11.6 Å². The number of ether oxygens (including phenoxy) is 2. The molecule has 1 aromatic carbocycles. The second kappa shape index (κ2) is 6.34. The van der Waals surface area contributed by atoms with Crippen LogP contribution < -0.4 is 4.74 Å². The average molecular weight is 352 g/mol. The summed E-state index contributed by atoms with van der Waals surface area (Å²) in [7, 11) is 1.06. The Labute approximate surface area is 141 Å². The maximum absolute atomic E-state index is 12.8. The molecule has 3 rings (SSSR count). The number of carbonyl (C=O) groups is 1. The predicted octanol–water partition coefficient (Wildman–Crippen LogP) is 4.26. The van der Waals surface area contributed by atoms with Gasteiger partial charge in [-0.25, -0.2) is 4.79 Å². The van der Waals surface area contributed by atoms with Gasteiger partial charge in [-0.1, -0.05) is 12.1 Å². The van der Waals surface area contributed by atoms with Crippen LogP contribution in [0.25, 0.3) is 0 Å². The zero-order valence-electron chi connectivity index (χ0n) is 13.6. The molecular weight excluding hydrogens is 337 g/mol. The van der Waals surface area contributed by atoms with Crippen LogP contribution in [-0.2, 0) is 10.9 Å². The number of hydrogen-bond acceptors (Lipinski definition) is 5. The van der Waals surface area contributed by atoms with Gasteiger partial charge in [0, 0.05) is 0 Å². The molecule has 0 bridgehead atoms. The van der Waals surface area contributed by atoms with Crippen LogP contribution in [0.3, 0.4) is 0 Å². The molecule has 1 saturated carbocycles. The zero-order chi connectivity index (χ0) is 18.2. The summed E-state index contributed by atoms with van der Waals surface area (Å²) < 4.78 is 48.4. The Kier molecular flexibility index (Phi) is 4.36. The Bertz CT molecular complexity index is 817. The van der Waals surface area contributed by atoms with Crippen molar-refractivity contribution in [2.75, 3.05) is 7.11 Å². The van der Waals surface area contributed by atoms with Gasteiger partial charge in [0.1, 0.15) is 11.3 Å². The van der Waals surface area contributed by atoms with Gasteiger partial charge in [0.25, 0.3) is 5.88 Å². The molecule has 0 amide bonds. The van der Waals surface area contributed by atoms with E-state index in [4.69, 9.17) is 4.74 Å². The summed E-state index contributed by atoms with van der Waals surface area (Å²) in [5.74, 6) is -0.363. The van der Waals surface area contributed by atoms with Gasteiger partial charge in [0.15, 0.2) is 5.69 Å². The number of alkyl halides is 3. The Balaban J connectivity index is 1.94. The molecular formula is C17H15F3N2O3. The fourth-order valence-electron chi connectivity index (χ4n) is 2.41. The van der Waals surface area contributed by atoms with Gasteiger partial charge < -0.3 is 9.47 Å². The van der Waals surface area contributed by atoms with Crippen molar-refractivity contribution >= 4 is 5.97 Å². The number of methoxy groups -OCH3 is 1. The van der Waals surface area contributed by atoms with Crippen LogP contribution >= 0.6 is 0 Å². The van der Waals surface area contributed by atoms with E-state index in [0.29, 0.717) is 17.7 Å². The largest absolute Gasteiger partial charge is 0.465 e. The summed E-state index contributed by atoms with van der Waals surface area (Å²) in [6, 6.07) is 6.14. The topological polar surface area (TPSA) is 61.3 Å². The number of nitrogens with zero attached hydrogens (tertiary/aromatic N) is 2. The van der Waals surface area contributed by atoms with Crippen molar-refractivity contribution < 1.29 is 27.4 Å². The molecule has 0 atom stereocenters. The first kappa shape index (κ1) is 17.2. The van der Waals surface area contributed by atoms with E-state index in [1.165, 1.54) is 5.56 Å². The SMILES string of the molecule is COC(=O)c1cc(C(F)(F)F)nnc1Oc1ccc(C2CC2)cc1C. The molecule has 0 N–H and O–H groups in total. The summed E-state index contributed by atoms with van der Waals surface area (Å²) >= 11 is 0. The molecule has 0 saturated heterocycles. The minimum atomic E-state index is -4.73. The highest BCUT2D eigenvalue weighted by Crippen LogP contribution is 2.41. The van der Waals surface area contributed by atoms with Gasteiger partial charge in [-0.2, -0.15) is 13.2 Å². The van der Waals surface area contributed by atoms with E-state index < -0.39 is 23.4 Å². The summed E-state index contributed by atoms with van der Waals surface area (Å²) in [5, 5.41) is 6.53. The van der Waals surface area contributed by atoms with Crippen LogP contribution in [0.2, 0.25) is 0 Å². The van der Waals surface area contributed by atoms with Gasteiger partial charge in [0.2, 0.25) is 0 Å². The molecule has 0 spiro atoms. The molecule has 1 heterocycles. The Morgan fingerprint density at radius 3 is 2.48 bits per heavy atom. The number of aryl methyl sites for hydroxylation is 1. The third kappa shape index (κ3) is 3.72. The van der Waals surface area contributed by atoms with Gasteiger partial charge in [0.05, 0.1) is 7.11 Å². The van der Waals surface area contributed by atoms with Gasteiger partial charge in [-0.05, 0) is 48.9 Å². The molecule has 5 nitrogen and oxygen atoms in total. The molecule has 1 aliphatic rings. The number of rotatable bonds is 4. The quantitative estimate of drug-likeness (QED) is 0.770. The molecule has 1 aromatic heterocycles. The van der Waals surface area contributed by atoms with Crippen molar-refractivity contribution in [3.63, 3.8) is 0 Å². The van der Waals surface area contributed by atoms with Crippen LogP contribution in [-0.4, -0.2) is 23.3 Å². The lowest BCUT2D eigenvalue weighted by Crippen LogP contribution is -2.14. The van der Waals surface area contributed by atoms with E-state index in [1.54, 1.807) is 6.07 Å². The van der Waals surface area contributed by atoms with Crippen LogP contribution in [0.5, 0.6) is 11.6 Å². The minimum absolute atomic E-state index is 0.331. The van der Waals surface area contributed by atoms with Crippen molar-refractivity contribution in [2.45, 2.75) is 31.9 Å². The first-order valence-corrected chi connectivity index (χ1v) is 7.61. The van der Waals surface area contributed by atoms with Crippen molar-refractivity contribution in [2.24, 2.45) is 0 Å². The lowest BCUT2D eigenvalue weighted by molar-refractivity contribution is -0.141. The second-order valence-electron chi connectivity index (χ2n) is 5.84. The smallest absolute Gasteiger partial charge is 0.435 e. The fraction of sp³-hybridized carbons (Fsp3) is 0.353. The van der Waals surface area contributed by atoms with Crippen LogP contribution in [0.15, 0.2) is 24.3 Å². The normalized spacial score (nSPS) is 14.3. The van der Waals surface area contributed by atoms with Gasteiger partial charge in [-0.15, -0.1) is 10.2 Å². The number of hydrogen-bond donors (Lipinski definition) is 0. The first-order valence-electron chi connectivity index (χ1n) is 7.61. The Morgan fingerprint density at radius 1 is 1.20 bits per heavy atom. The predicted molar refractivity (Wildman–Crippen MR) is 81.6 cm³/mol. The van der Waals surface area contributed by atoms with E-state index in [-0.39, 0.29) is 5.88 Å². The maximum atomic E-state index is 12.8. The van der Waals surface area contributed by atoms with Crippen molar-refractivity contribution in [3.05, 3.63) is 46.6 Å². The Morgan fingerprint density at radius 2 is 1.92 bits per heavy atom. The van der Waals surface area contributed by atoms with Gasteiger partial charge in [-0.3, -0.25) is 0 Å². The molecule has 0 radical (unpaired) electrons. The number of carbonyl (C=O) groups excluding carboxylic acids is 1. The molecule has 0 aliphatic heterocycles. The maximum Gasteiger partial charge on any atom is 0.435 e. The average Bonchev–Trinajstić information content (AvgIpc) is 3.40. The molecule has 132 valence electrons.